The summed E-state index contributed by atoms with van der Waals surface area (Å²) >= 11 is 0. The molecule has 30 heavy (non-hydrogen) atoms. The van der Waals surface area contributed by atoms with Gasteiger partial charge in [0, 0.05) is 11.8 Å². The van der Waals surface area contributed by atoms with Crippen LogP contribution in [-0.2, 0) is 6.18 Å². The van der Waals surface area contributed by atoms with Gasteiger partial charge < -0.3 is 14.6 Å². The Bertz CT molecular complexity index is 1380. The van der Waals surface area contributed by atoms with Gasteiger partial charge in [-0.25, -0.2) is 4.68 Å². The van der Waals surface area contributed by atoms with E-state index in [9.17, 15) is 28.2 Å². The summed E-state index contributed by atoms with van der Waals surface area (Å²) in [5, 5.41) is 31.9. The maximum Gasteiger partial charge on any atom is 0.450 e. The minimum Gasteiger partial charge on any atom is -0.504 e. The van der Waals surface area contributed by atoms with Crippen LogP contribution >= 0.6 is 0 Å². The number of hydrogen-bond donors (Lipinski definition) is 2. The molecule has 0 bridgehead atoms. The molecule has 0 aliphatic carbocycles. The van der Waals surface area contributed by atoms with Gasteiger partial charge in [-0.3, -0.25) is 4.79 Å². The van der Waals surface area contributed by atoms with Crippen LogP contribution in [0, 0.1) is 11.3 Å². The molecule has 0 fully saturated rings. The van der Waals surface area contributed by atoms with Gasteiger partial charge in [0.05, 0.1) is 34.5 Å². The summed E-state index contributed by atoms with van der Waals surface area (Å²) in [5.41, 5.74) is -1.89. The normalized spacial score (nSPS) is 11.5. The number of benzene rings is 2. The number of alkyl halides is 3. The number of aromatic nitrogens is 2. The molecule has 0 amide bonds. The number of hydrogen-bond acceptors (Lipinski definition) is 6. The maximum atomic E-state index is 13.7. The van der Waals surface area contributed by atoms with Crippen molar-refractivity contribution in [2.75, 3.05) is 0 Å². The van der Waals surface area contributed by atoms with Gasteiger partial charge in [0.2, 0.25) is 16.9 Å². The Morgan fingerprint density at radius 3 is 2.43 bits per heavy atom. The molecule has 0 saturated heterocycles. The fourth-order valence-corrected chi connectivity index (χ4v) is 2.98. The van der Waals surface area contributed by atoms with Gasteiger partial charge in [-0.1, -0.05) is 0 Å². The number of aromatic hydroxyl groups is 2. The van der Waals surface area contributed by atoms with Crippen LogP contribution < -0.4 is 5.43 Å². The van der Waals surface area contributed by atoms with E-state index in [1.54, 1.807) is 12.1 Å². The third kappa shape index (κ3) is 3.02. The predicted octanol–water partition coefficient (Wildman–Crippen LogP) is 3.95. The zero-order valence-electron chi connectivity index (χ0n) is 14.8. The molecule has 0 radical (unpaired) electrons. The van der Waals surface area contributed by atoms with E-state index in [4.69, 9.17) is 9.68 Å². The Morgan fingerprint density at radius 2 is 1.80 bits per heavy atom. The molecule has 10 heteroatoms. The monoisotopic (exact) mass is 413 g/mol. The number of nitrogens with zero attached hydrogens (tertiary/aromatic N) is 3. The molecule has 2 aromatic heterocycles. The first-order valence-electron chi connectivity index (χ1n) is 8.35. The zero-order chi connectivity index (χ0) is 21.6. The smallest absolute Gasteiger partial charge is 0.450 e. The minimum absolute atomic E-state index is 0.158. The van der Waals surface area contributed by atoms with Crippen LogP contribution in [0.3, 0.4) is 0 Å². The van der Waals surface area contributed by atoms with Crippen LogP contribution in [0.5, 0.6) is 11.5 Å². The molecule has 0 saturated carbocycles. The molecule has 4 aromatic rings. The molecule has 0 aliphatic rings. The Kier molecular flexibility index (Phi) is 4.24. The van der Waals surface area contributed by atoms with Gasteiger partial charge in [0.25, 0.3) is 0 Å². The van der Waals surface area contributed by atoms with Crippen LogP contribution in [0.2, 0.25) is 0 Å². The van der Waals surface area contributed by atoms with Gasteiger partial charge in [0.15, 0.2) is 11.3 Å². The number of rotatable bonds is 2. The van der Waals surface area contributed by atoms with Crippen molar-refractivity contribution in [1.29, 1.82) is 5.26 Å². The largest absolute Gasteiger partial charge is 0.504 e. The lowest BCUT2D eigenvalue weighted by Gasteiger charge is -2.12. The molecule has 2 aromatic carbocycles. The van der Waals surface area contributed by atoms with Crippen molar-refractivity contribution in [1.82, 2.24) is 9.78 Å². The van der Waals surface area contributed by atoms with Gasteiger partial charge in [-0.05, 0) is 36.4 Å². The predicted molar refractivity (Wildman–Crippen MR) is 98.1 cm³/mol. The first-order valence-corrected chi connectivity index (χ1v) is 8.35. The second-order valence-corrected chi connectivity index (χ2v) is 6.28. The van der Waals surface area contributed by atoms with Crippen molar-refractivity contribution in [3.8, 4) is 34.4 Å². The van der Waals surface area contributed by atoms with Gasteiger partial charge in [-0.15, -0.1) is 0 Å². The number of halogens is 3. The van der Waals surface area contributed by atoms with Gasteiger partial charge in [-0.2, -0.15) is 23.5 Å². The van der Waals surface area contributed by atoms with Gasteiger partial charge in [0.1, 0.15) is 0 Å². The zero-order valence-corrected chi connectivity index (χ0v) is 14.8. The Balaban J connectivity index is 1.95. The Hall–Kier alpha value is -4.26. The minimum atomic E-state index is -5.06. The molecule has 0 atom stereocenters. The summed E-state index contributed by atoms with van der Waals surface area (Å²) in [7, 11) is 0. The van der Waals surface area contributed by atoms with E-state index in [-0.39, 0.29) is 10.9 Å². The lowest BCUT2D eigenvalue weighted by Crippen LogP contribution is -2.15. The summed E-state index contributed by atoms with van der Waals surface area (Å²) < 4.78 is 47.0. The lowest BCUT2D eigenvalue weighted by molar-refractivity contribution is -0.152. The summed E-state index contributed by atoms with van der Waals surface area (Å²) in [6, 6.07) is 10.1. The fourth-order valence-electron chi connectivity index (χ4n) is 2.98. The van der Waals surface area contributed by atoms with E-state index in [0.717, 1.165) is 18.3 Å². The molecule has 2 N–H and O–H groups in total. The Labute approximate surface area is 165 Å². The van der Waals surface area contributed by atoms with E-state index in [1.807, 2.05) is 6.07 Å². The molecule has 2 heterocycles. The average molecular weight is 413 g/mol. The Morgan fingerprint density at radius 1 is 1.10 bits per heavy atom. The summed E-state index contributed by atoms with van der Waals surface area (Å²) in [6.07, 6.45) is -2.77. The summed E-state index contributed by atoms with van der Waals surface area (Å²) in [4.78, 5) is 12.9. The van der Waals surface area contributed by atoms with Crippen molar-refractivity contribution in [2.45, 2.75) is 6.18 Å². The third-order valence-corrected chi connectivity index (χ3v) is 4.40. The van der Waals surface area contributed by atoms with Crippen LogP contribution in [0.1, 0.15) is 11.3 Å². The topological polar surface area (TPSA) is 112 Å². The number of phenolic OH excluding ortho intramolecular Hbond substituents is 2. The van der Waals surface area contributed by atoms with E-state index < -0.39 is 40.0 Å². The highest BCUT2D eigenvalue weighted by atomic mass is 19.4. The van der Waals surface area contributed by atoms with E-state index in [1.165, 1.54) is 23.0 Å². The second kappa shape index (κ2) is 6.66. The number of nitriles is 1. The fraction of sp³-hybridized carbons (Fsp3) is 0.0500. The van der Waals surface area contributed by atoms with Crippen LogP contribution in [0.15, 0.2) is 58.0 Å². The number of fused-ring (bicyclic) bond motifs is 1. The number of phenols is 2. The van der Waals surface area contributed by atoms with Crippen LogP contribution in [0.4, 0.5) is 13.2 Å². The molecular formula is C20H10F3N3O4. The highest BCUT2D eigenvalue weighted by molar-refractivity contribution is 5.88. The first kappa shape index (κ1) is 19.1. The second-order valence-electron chi connectivity index (χ2n) is 6.28. The maximum absolute atomic E-state index is 13.7. The van der Waals surface area contributed by atoms with E-state index >= 15 is 0 Å². The highest BCUT2D eigenvalue weighted by Crippen LogP contribution is 2.40. The molecule has 0 spiro atoms. The summed E-state index contributed by atoms with van der Waals surface area (Å²) in [6.45, 7) is 0. The van der Waals surface area contributed by atoms with Crippen LogP contribution in [0.25, 0.3) is 27.8 Å². The molecule has 150 valence electrons. The van der Waals surface area contributed by atoms with Crippen molar-refractivity contribution >= 4 is 11.0 Å². The van der Waals surface area contributed by atoms with Gasteiger partial charge >= 0.3 is 6.18 Å². The quantitative estimate of drug-likeness (QED) is 0.481. The molecule has 0 unspecified atom stereocenters. The third-order valence-electron chi connectivity index (χ3n) is 4.40. The first-order chi connectivity index (χ1) is 14.2. The lowest BCUT2D eigenvalue weighted by atomic mass is 10.0. The molecule has 7 nitrogen and oxygen atoms in total. The van der Waals surface area contributed by atoms with Crippen molar-refractivity contribution in [2.24, 2.45) is 0 Å². The highest BCUT2D eigenvalue weighted by Gasteiger charge is 2.40. The van der Waals surface area contributed by atoms with Crippen LogP contribution in [-0.4, -0.2) is 20.0 Å². The van der Waals surface area contributed by atoms with E-state index in [2.05, 4.69) is 5.10 Å². The molecular weight excluding hydrogens is 403 g/mol. The van der Waals surface area contributed by atoms with Crippen molar-refractivity contribution in [3.05, 3.63) is 70.3 Å². The standard InChI is InChI=1S/C20H10F3N3O4/c21-20(22,23)19-15(16(28)13-5-6-14(27)17(29)18(13)30-19)11-8-25-26(9-11)12-3-1-10(7-24)2-4-12/h1-6,8-9,27,29H. The molecule has 4 rings (SSSR count). The van der Waals surface area contributed by atoms with Crippen molar-refractivity contribution < 1.29 is 27.8 Å². The summed E-state index contributed by atoms with van der Waals surface area (Å²) in [5.74, 6) is -3.31. The SMILES string of the molecule is N#Cc1ccc(-n2cc(-c3c(C(F)(F)F)oc4c(O)c(O)ccc4c3=O)cn2)cc1. The van der Waals surface area contributed by atoms with E-state index in [0.29, 0.717) is 11.3 Å². The molecule has 0 aliphatic heterocycles. The average Bonchev–Trinajstić information content (AvgIpc) is 3.20. The van der Waals surface area contributed by atoms with Crippen molar-refractivity contribution in [3.63, 3.8) is 0 Å².